The van der Waals surface area contributed by atoms with Gasteiger partial charge in [0.1, 0.15) is 0 Å². The minimum Gasteiger partial charge on any atom is -0.378 e. The molecule has 0 fully saturated rings. The zero-order valence-corrected chi connectivity index (χ0v) is 9.11. The van der Waals surface area contributed by atoms with Crippen LogP contribution in [-0.2, 0) is 6.54 Å². The molecule has 0 unspecified atom stereocenters. The van der Waals surface area contributed by atoms with Gasteiger partial charge in [-0.2, -0.15) is 0 Å². The Balaban J connectivity index is 1.82. The number of fused-ring (bicyclic) bond motifs is 1. The summed E-state index contributed by atoms with van der Waals surface area (Å²) in [6.07, 6.45) is 3.61. The van der Waals surface area contributed by atoms with E-state index >= 15 is 0 Å². The van der Waals surface area contributed by atoms with Gasteiger partial charge in [-0.05, 0) is 18.2 Å². The molecule has 3 aromatic rings. The van der Waals surface area contributed by atoms with Gasteiger partial charge in [0, 0.05) is 18.1 Å². The van der Waals surface area contributed by atoms with Crippen LogP contribution in [0.2, 0.25) is 0 Å². The Hall–Kier alpha value is -2.43. The third-order valence-electron chi connectivity index (χ3n) is 2.48. The van der Waals surface area contributed by atoms with Crippen LogP contribution in [0.15, 0.2) is 48.8 Å². The Bertz CT molecular complexity index is 617. The molecule has 0 bridgehead atoms. The van der Waals surface area contributed by atoms with E-state index < -0.39 is 0 Å². The summed E-state index contributed by atoms with van der Waals surface area (Å²) in [5.41, 5.74) is 1.06. The molecule has 5 nitrogen and oxygen atoms in total. The largest absolute Gasteiger partial charge is 0.378 e. The van der Waals surface area contributed by atoms with Crippen molar-refractivity contribution in [3.63, 3.8) is 0 Å². The number of aromatic nitrogens is 4. The van der Waals surface area contributed by atoms with Gasteiger partial charge >= 0.3 is 0 Å². The molecule has 0 amide bonds. The summed E-state index contributed by atoms with van der Waals surface area (Å²) in [7, 11) is 0. The lowest BCUT2D eigenvalue weighted by atomic mass is 10.3. The number of benzene rings is 1. The van der Waals surface area contributed by atoms with E-state index in [4.69, 9.17) is 0 Å². The van der Waals surface area contributed by atoms with Gasteiger partial charge in [0.25, 0.3) is 5.78 Å². The zero-order valence-electron chi connectivity index (χ0n) is 9.11. The zero-order chi connectivity index (χ0) is 11.5. The SMILES string of the molecule is c1ccc(NCc2nnc3ncccn23)cc1. The average Bonchev–Trinajstić information content (AvgIpc) is 2.81. The van der Waals surface area contributed by atoms with E-state index in [1.54, 1.807) is 6.20 Å². The number of nitrogens with one attached hydrogen (secondary N) is 1. The van der Waals surface area contributed by atoms with Crippen molar-refractivity contribution in [3.05, 3.63) is 54.6 Å². The van der Waals surface area contributed by atoms with Crippen LogP contribution in [0.5, 0.6) is 0 Å². The molecule has 0 saturated carbocycles. The maximum Gasteiger partial charge on any atom is 0.254 e. The lowest BCUT2D eigenvalue weighted by molar-refractivity contribution is 0.915. The van der Waals surface area contributed by atoms with Gasteiger partial charge in [-0.3, -0.25) is 4.40 Å². The van der Waals surface area contributed by atoms with Gasteiger partial charge in [0.2, 0.25) is 0 Å². The van der Waals surface area contributed by atoms with Crippen molar-refractivity contribution in [1.82, 2.24) is 19.6 Å². The van der Waals surface area contributed by atoms with E-state index in [0.29, 0.717) is 12.3 Å². The summed E-state index contributed by atoms with van der Waals surface area (Å²) < 4.78 is 1.87. The number of nitrogens with zero attached hydrogens (tertiary/aromatic N) is 4. The molecular weight excluding hydrogens is 214 g/mol. The monoisotopic (exact) mass is 225 g/mol. The fraction of sp³-hybridized carbons (Fsp3) is 0.0833. The molecule has 17 heavy (non-hydrogen) atoms. The molecule has 2 heterocycles. The van der Waals surface area contributed by atoms with Gasteiger partial charge in [-0.25, -0.2) is 4.98 Å². The number of hydrogen-bond acceptors (Lipinski definition) is 4. The van der Waals surface area contributed by atoms with E-state index in [2.05, 4.69) is 20.5 Å². The standard InChI is InChI=1S/C12H11N5/c1-2-5-10(6-3-1)14-9-11-15-16-12-13-7-4-8-17(11)12/h1-8,14H,9H2. The normalized spacial score (nSPS) is 10.6. The predicted molar refractivity (Wildman–Crippen MR) is 64.6 cm³/mol. The summed E-state index contributed by atoms with van der Waals surface area (Å²) in [4.78, 5) is 4.12. The smallest absolute Gasteiger partial charge is 0.254 e. The lowest BCUT2D eigenvalue weighted by Gasteiger charge is -2.04. The van der Waals surface area contributed by atoms with Gasteiger partial charge in [0.15, 0.2) is 5.82 Å². The van der Waals surface area contributed by atoms with Crippen LogP contribution in [0.1, 0.15) is 5.82 Å². The van der Waals surface area contributed by atoms with E-state index in [9.17, 15) is 0 Å². The molecule has 0 saturated heterocycles. The Kier molecular flexibility index (Phi) is 2.42. The topological polar surface area (TPSA) is 55.1 Å². The third-order valence-corrected chi connectivity index (χ3v) is 2.48. The second-order valence-electron chi connectivity index (χ2n) is 3.63. The Morgan fingerprint density at radius 3 is 2.82 bits per heavy atom. The molecule has 0 radical (unpaired) electrons. The molecule has 2 aromatic heterocycles. The first kappa shape index (κ1) is 9.77. The number of anilines is 1. The second-order valence-corrected chi connectivity index (χ2v) is 3.63. The quantitative estimate of drug-likeness (QED) is 0.737. The van der Waals surface area contributed by atoms with Crippen molar-refractivity contribution >= 4 is 11.5 Å². The van der Waals surface area contributed by atoms with E-state index in [1.807, 2.05) is 47.0 Å². The first-order chi connectivity index (χ1) is 8.43. The molecule has 0 aliphatic heterocycles. The molecule has 0 atom stereocenters. The average molecular weight is 225 g/mol. The number of rotatable bonds is 3. The highest BCUT2D eigenvalue weighted by Gasteiger charge is 2.04. The third kappa shape index (κ3) is 1.94. The van der Waals surface area contributed by atoms with Crippen LogP contribution in [0.3, 0.4) is 0 Å². The first-order valence-electron chi connectivity index (χ1n) is 5.37. The number of para-hydroxylation sites is 1. The predicted octanol–water partition coefficient (Wildman–Crippen LogP) is 1.74. The van der Waals surface area contributed by atoms with E-state index in [0.717, 1.165) is 11.5 Å². The van der Waals surface area contributed by atoms with Crippen molar-refractivity contribution in [3.8, 4) is 0 Å². The molecule has 1 N–H and O–H groups in total. The summed E-state index contributed by atoms with van der Waals surface area (Å²) in [5, 5.41) is 11.4. The summed E-state index contributed by atoms with van der Waals surface area (Å²) in [5.74, 6) is 1.47. The molecule has 1 aromatic carbocycles. The molecule has 3 rings (SSSR count). The van der Waals surface area contributed by atoms with Crippen LogP contribution >= 0.6 is 0 Å². The van der Waals surface area contributed by atoms with Crippen molar-refractivity contribution < 1.29 is 0 Å². The molecule has 84 valence electrons. The van der Waals surface area contributed by atoms with Gasteiger partial charge < -0.3 is 5.32 Å². The minimum absolute atomic E-state index is 0.622. The fourth-order valence-electron chi connectivity index (χ4n) is 1.65. The minimum atomic E-state index is 0.622. The van der Waals surface area contributed by atoms with Crippen LogP contribution in [-0.4, -0.2) is 19.6 Å². The Labute approximate surface area is 98.1 Å². The molecule has 0 aliphatic rings. The molecular formula is C12H11N5. The maximum atomic E-state index is 4.12. The highest BCUT2D eigenvalue weighted by molar-refractivity contribution is 5.42. The van der Waals surface area contributed by atoms with Crippen molar-refractivity contribution in [2.24, 2.45) is 0 Å². The lowest BCUT2D eigenvalue weighted by Crippen LogP contribution is -2.04. The van der Waals surface area contributed by atoms with Crippen molar-refractivity contribution in [1.29, 1.82) is 0 Å². The Morgan fingerprint density at radius 1 is 1.06 bits per heavy atom. The van der Waals surface area contributed by atoms with E-state index in [-0.39, 0.29) is 0 Å². The van der Waals surface area contributed by atoms with Crippen LogP contribution in [0, 0.1) is 0 Å². The molecule has 5 heteroatoms. The van der Waals surface area contributed by atoms with Crippen LogP contribution in [0.4, 0.5) is 5.69 Å². The summed E-state index contributed by atoms with van der Waals surface area (Å²) in [6.45, 7) is 0.622. The highest BCUT2D eigenvalue weighted by Crippen LogP contribution is 2.07. The van der Waals surface area contributed by atoms with Gasteiger partial charge in [-0.15, -0.1) is 10.2 Å². The Morgan fingerprint density at radius 2 is 1.94 bits per heavy atom. The summed E-state index contributed by atoms with van der Waals surface area (Å²) >= 11 is 0. The molecule has 0 aliphatic carbocycles. The highest BCUT2D eigenvalue weighted by atomic mass is 15.3. The van der Waals surface area contributed by atoms with Gasteiger partial charge in [0.05, 0.1) is 6.54 Å². The van der Waals surface area contributed by atoms with Crippen LogP contribution < -0.4 is 5.32 Å². The first-order valence-corrected chi connectivity index (χ1v) is 5.37. The van der Waals surface area contributed by atoms with Crippen LogP contribution in [0.25, 0.3) is 5.78 Å². The summed E-state index contributed by atoms with van der Waals surface area (Å²) in [6, 6.07) is 11.9. The maximum absolute atomic E-state index is 4.12. The van der Waals surface area contributed by atoms with Crippen molar-refractivity contribution in [2.45, 2.75) is 6.54 Å². The van der Waals surface area contributed by atoms with Gasteiger partial charge in [-0.1, -0.05) is 18.2 Å². The molecule has 0 spiro atoms. The van der Waals surface area contributed by atoms with Crippen molar-refractivity contribution in [2.75, 3.05) is 5.32 Å². The fourth-order valence-corrected chi connectivity index (χ4v) is 1.65. The second kappa shape index (κ2) is 4.21. The van der Waals surface area contributed by atoms with E-state index in [1.165, 1.54) is 0 Å². The number of hydrogen-bond donors (Lipinski definition) is 1.